The van der Waals surface area contributed by atoms with Crippen molar-refractivity contribution in [2.45, 2.75) is 33.3 Å². The molecule has 0 radical (unpaired) electrons. The molecule has 3 aromatic rings. The molecule has 0 unspecified atom stereocenters. The fourth-order valence-corrected chi connectivity index (χ4v) is 2.80. The molecule has 0 saturated heterocycles. The number of hydrogen-bond acceptors (Lipinski definition) is 3. The quantitative estimate of drug-likeness (QED) is 0.344. The van der Waals surface area contributed by atoms with E-state index in [1.165, 1.54) is 0 Å². The smallest absolute Gasteiger partial charge is 0.311 e. The second-order valence-corrected chi connectivity index (χ2v) is 7.01. The molecule has 0 aliphatic rings. The van der Waals surface area contributed by atoms with Gasteiger partial charge in [0.1, 0.15) is 18.1 Å². The average Bonchev–Trinajstić information content (AvgIpc) is 2.74. The third-order valence-electron chi connectivity index (χ3n) is 4.73. The molecule has 0 saturated carbocycles. The van der Waals surface area contributed by atoms with Crippen molar-refractivity contribution in [3.05, 3.63) is 84.4 Å². The van der Waals surface area contributed by atoms with Crippen LogP contribution in [0.25, 0.3) is 11.1 Å². The minimum absolute atomic E-state index is 0.179. The molecule has 3 heteroatoms. The number of esters is 1. The van der Waals surface area contributed by atoms with Gasteiger partial charge in [0.2, 0.25) is 0 Å². The molecule has 0 N–H and O–H groups in total. The van der Waals surface area contributed by atoms with Crippen LogP contribution in [0.1, 0.15) is 32.3 Å². The van der Waals surface area contributed by atoms with Crippen LogP contribution in [0, 0.1) is 5.92 Å². The first kappa shape index (κ1) is 19.7. The van der Waals surface area contributed by atoms with Crippen LogP contribution < -0.4 is 9.47 Å². The van der Waals surface area contributed by atoms with Crippen molar-refractivity contribution in [3.63, 3.8) is 0 Å². The van der Waals surface area contributed by atoms with Gasteiger partial charge in [0.15, 0.2) is 0 Å². The summed E-state index contributed by atoms with van der Waals surface area (Å²) < 4.78 is 11.2. The van der Waals surface area contributed by atoms with Gasteiger partial charge in [-0.25, -0.2) is 0 Å². The summed E-state index contributed by atoms with van der Waals surface area (Å²) in [5.74, 6) is 1.58. The van der Waals surface area contributed by atoms with Crippen LogP contribution in [0.5, 0.6) is 11.5 Å². The second kappa shape index (κ2) is 9.75. The van der Waals surface area contributed by atoms with Crippen molar-refractivity contribution in [2.24, 2.45) is 5.92 Å². The summed E-state index contributed by atoms with van der Waals surface area (Å²) in [5, 5.41) is 0. The molecule has 0 aliphatic heterocycles. The third-order valence-corrected chi connectivity index (χ3v) is 4.73. The Bertz CT molecular complexity index is 868. The Kier molecular flexibility index (Phi) is 6.85. The summed E-state index contributed by atoms with van der Waals surface area (Å²) in [6, 6.07) is 25.7. The molecule has 0 aliphatic carbocycles. The number of carbonyl (C=O) groups is 1. The average molecular weight is 374 g/mol. The van der Waals surface area contributed by atoms with E-state index in [-0.39, 0.29) is 5.97 Å². The number of hydrogen-bond donors (Lipinski definition) is 0. The van der Waals surface area contributed by atoms with Gasteiger partial charge in [-0.3, -0.25) is 4.79 Å². The summed E-state index contributed by atoms with van der Waals surface area (Å²) in [4.78, 5) is 11.9. The summed E-state index contributed by atoms with van der Waals surface area (Å²) >= 11 is 0. The van der Waals surface area contributed by atoms with Gasteiger partial charge in [-0.2, -0.15) is 0 Å². The fourth-order valence-electron chi connectivity index (χ4n) is 2.80. The van der Waals surface area contributed by atoms with E-state index in [9.17, 15) is 4.79 Å². The van der Waals surface area contributed by atoms with E-state index in [0.29, 0.717) is 24.7 Å². The maximum absolute atomic E-state index is 11.9. The fraction of sp³-hybridized carbons (Fsp3) is 0.240. The topological polar surface area (TPSA) is 35.5 Å². The van der Waals surface area contributed by atoms with Crippen molar-refractivity contribution in [1.29, 1.82) is 0 Å². The molecule has 0 bridgehead atoms. The Hall–Kier alpha value is -3.07. The van der Waals surface area contributed by atoms with Crippen molar-refractivity contribution < 1.29 is 14.3 Å². The van der Waals surface area contributed by atoms with Crippen LogP contribution in [-0.4, -0.2) is 5.97 Å². The van der Waals surface area contributed by atoms with Crippen molar-refractivity contribution in [3.8, 4) is 22.6 Å². The Balaban J connectivity index is 1.57. The van der Waals surface area contributed by atoms with Crippen LogP contribution in [0.3, 0.4) is 0 Å². The van der Waals surface area contributed by atoms with Crippen LogP contribution in [0.4, 0.5) is 0 Å². The lowest BCUT2D eigenvalue weighted by atomic mass is 10.1. The van der Waals surface area contributed by atoms with Crippen molar-refractivity contribution in [1.82, 2.24) is 0 Å². The zero-order valence-corrected chi connectivity index (χ0v) is 16.4. The zero-order valence-electron chi connectivity index (χ0n) is 16.4. The highest BCUT2D eigenvalue weighted by atomic mass is 16.5. The SMILES string of the molecule is CC[C@H](C)CC(=O)Oc1ccc(-c2ccc(OCc3ccccc3)cc2)cc1. The maximum atomic E-state index is 11.9. The molecule has 3 rings (SSSR count). The minimum atomic E-state index is -0.179. The molecule has 3 nitrogen and oxygen atoms in total. The van der Waals surface area contributed by atoms with E-state index in [2.05, 4.69) is 13.8 Å². The molecule has 0 spiro atoms. The summed E-state index contributed by atoms with van der Waals surface area (Å²) in [6.07, 6.45) is 1.42. The van der Waals surface area contributed by atoms with Gasteiger partial charge >= 0.3 is 5.97 Å². The Labute approximate surface area is 166 Å². The van der Waals surface area contributed by atoms with E-state index in [1.807, 2.05) is 78.9 Å². The Morgan fingerprint density at radius 2 is 1.39 bits per heavy atom. The van der Waals surface area contributed by atoms with E-state index >= 15 is 0 Å². The van der Waals surface area contributed by atoms with Gasteiger partial charge in [0, 0.05) is 6.42 Å². The summed E-state index contributed by atoms with van der Waals surface area (Å²) in [6.45, 7) is 4.68. The zero-order chi connectivity index (χ0) is 19.8. The molecule has 3 aromatic carbocycles. The van der Waals surface area contributed by atoms with Gasteiger partial charge in [-0.1, -0.05) is 74.9 Å². The van der Waals surface area contributed by atoms with Gasteiger partial charge < -0.3 is 9.47 Å². The van der Waals surface area contributed by atoms with E-state index in [4.69, 9.17) is 9.47 Å². The standard InChI is InChI=1S/C25H26O3/c1-3-19(2)17-25(26)28-24-15-11-22(12-16-24)21-9-13-23(14-10-21)27-18-20-7-5-4-6-8-20/h4-16,19H,3,17-18H2,1-2H3/t19-/m0/s1. The molecule has 0 aromatic heterocycles. The molecular formula is C25H26O3. The number of benzene rings is 3. The van der Waals surface area contributed by atoms with Crippen LogP contribution in [0.2, 0.25) is 0 Å². The highest BCUT2D eigenvalue weighted by molar-refractivity contribution is 5.73. The Morgan fingerprint density at radius 3 is 1.96 bits per heavy atom. The lowest BCUT2D eigenvalue weighted by Gasteiger charge is -2.10. The summed E-state index contributed by atoms with van der Waals surface area (Å²) in [5.41, 5.74) is 3.30. The number of carbonyl (C=O) groups excluding carboxylic acids is 1. The summed E-state index contributed by atoms with van der Waals surface area (Å²) in [7, 11) is 0. The predicted molar refractivity (Wildman–Crippen MR) is 112 cm³/mol. The number of rotatable bonds is 8. The van der Waals surface area contributed by atoms with Crippen LogP contribution in [-0.2, 0) is 11.4 Å². The first-order valence-electron chi connectivity index (χ1n) is 9.72. The lowest BCUT2D eigenvalue weighted by molar-refractivity contribution is -0.135. The van der Waals surface area contributed by atoms with Gasteiger partial charge in [-0.05, 0) is 46.9 Å². The highest BCUT2D eigenvalue weighted by Crippen LogP contribution is 2.25. The van der Waals surface area contributed by atoms with Crippen LogP contribution >= 0.6 is 0 Å². The van der Waals surface area contributed by atoms with Crippen LogP contribution in [0.15, 0.2) is 78.9 Å². The second-order valence-electron chi connectivity index (χ2n) is 7.01. The van der Waals surface area contributed by atoms with Crippen molar-refractivity contribution in [2.75, 3.05) is 0 Å². The monoisotopic (exact) mass is 374 g/mol. The largest absolute Gasteiger partial charge is 0.489 e. The molecule has 144 valence electrons. The third kappa shape index (κ3) is 5.71. The molecule has 0 fully saturated rings. The van der Waals surface area contributed by atoms with Gasteiger partial charge in [0.25, 0.3) is 0 Å². The molecular weight excluding hydrogens is 348 g/mol. The normalized spacial score (nSPS) is 11.6. The first-order valence-corrected chi connectivity index (χ1v) is 9.72. The maximum Gasteiger partial charge on any atom is 0.311 e. The van der Waals surface area contributed by atoms with Gasteiger partial charge in [0.05, 0.1) is 0 Å². The Morgan fingerprint density at radius 1 is 0.821 bits per heavy atom. The van der Waals surface area contributed by atoms with E-state index < -0.39 is 0 Å². The van der Waals surface area contributed by atoms with E-state index in [1.54, 1.807) is 0 Å². The van der Waals surface area contributed by atoms with E-state index in [0.717, 1.165) is 28.9 Å². The molecule has 1 atom stereocenters. The number of ether oxygens (including phenoxy) is 2. The minimum Gasteiger partial charge on any atom is -0.489 e. The molecule has 28 heavy (non-hydrogen) atoms. The first-order chi connectivity index (χ1) is 13.6. The molecule has 0 amide bonds. The highest BCUT2D eigenvalue weighted by Gasteiger charge is 2.10. The lowest BCUT2D eigenvalue weighted by Crippen LogP contribution is -2.11. The van der Waals surface area contributed by atoms with Crippen molar-refractivity contribution >= 4 is 5.97 Å². The molecule has 0 heterocycles. The van der Waals surface area contributed by atoms with Gasteiger partial charge in [-0.15, -0.1) is 0 Å². The predicted octanol–water partition coefficient (Wildman–Crippen LogP) is 6.27.